The number of carbonyl (C=O) groups is 1. The van der Waals surface area contributed by atoms with E-state index in [1.807, 2.05) is 60.7 Å². The molecule has 5 nitrogen and oxygen atoms in total. The summed E-state index contributed by atoms with van der Waals surface area (Å²) in [6.07, 6.45) is 2.91. The molecule has 0 fully saturated rings. The maximum Gasteiger partial charge on any atom is 0.255 e. The van der Waals surface area contributed by atoms with Gasteiger partial charge in [-0.3, -0.25) is 4.79 Å². The van der Waals surface area contributed by atoms with Gasteiger partial charge in [0.25, 0.3) is 5.91 Å². The number of amides is 1. The molecule has 0 saturated heterocycles. The largest absolute Gasteiger partial charge is 0.490 e. The van der Waals surface area contributed by atoms with Crippen molar-refractivity contribution in [3.8, 4) is 11.5 Å². The van der Waals surface area contributed by atoms with Crippen molar-refractivity contribution in [2.24, 2.45) is 0 Å². The highest BCUT2D eigenvalue weighted by atomic mass is 16.5. The van der Waals surface area contributed by atoms with Crippen LogP contribution in [0.2, 0.25) is 0 Å². The summed E-state index contributed by atoms with van der Waals surface area (Å²) in [5.74, 6) is 1.23. The van der Waals surface area contributed by atoms with Crippen LogP contribution in [0.15, 0.2) is 79.0 Å². The second-order valence-corrected chi connectivity index (χ2v) is 7.37. The van der Waals surface area contributed by atoms with Gasteiger partial charge in [0.1, 0.15) is 0 Å². The van der Waals surface area contributed by atoms with Gasteiger partial charge in [0, 0.05) is 47.4 Å². The lowest BCUT2D eigenvalue weighted by molar-refractivity contribution is 0.102. The molecule has 0 aliphatic carbocycles. The number of nitrogens with zero attached hydrogens (tertiary/aromatic N) is 1. The topological polar surface area (TPSA) is 52.5 Å². The van der Waals surface area contributed by atoms with Crippen LogP contribution >= 0.6 is 0 Å². The molecule has 3 aromatic carbocycles. The number of rotatable bonds is 4. The molecule has 150 valence electrons. The van der Waals surface area contributed by atoms with Gasteiger partial charge in [-0.05, 0) is 42.0 Å². The number of ether oxygens (including phenoxy) is 2. The SMILES string of the molecule is O=C(Nc1ccc2c(c1)OCCCO2)c1ccc2c(ccn2Cc2ccccc2)c1. The lowest BCUT2D eigenvalue weighted by atomic mass is 10.1. The molecule has 1 amide bonds. The first-order valence-electron chi connectivity index (χ1n) is 10.1. The fourth-order valence-corrected chi connectivity index (χ4v) is 3.70. The fraction of sp³-hybridized carbons (Fsp3) is 0.160. The van der Waals surface area contributed by atoms with E-state index < -0.39 is 0 Å². The molecule has 0 spiro atoms. The van der Waals surface area contributed by atoms with E-state index >= 15 is 0 Å². The van der Waals surface area contributed by atoms with Crippen LogP contribution in [0.25, 0.3) is 10.9 Å². The number of benzene rings is 3. The average molecular weight is 398 g/mol. The van der Waals surface area contributed by atoms with Crippen LogP contribution < -0.4 is 14.8 Å². The van der Waals surface area contributed by atoms with E-state index in [-0.39, 0.29) is 5.91 Å². The van der Waals surface area contributed by atoms with E-state index in [1.54, 1.807) is 0 Å². The number of aromatic nitrogens is 1. The van der Waals surface area contributed by atoms with E-state index in [4.69, 9.17) is 9.47 Å². The smallest absolute Gasteiger partial charge is 0.255 e. The fourth-order valence-electron chi connectivity index (χ4n) is 3.70. The first-order valence-corrected chi connectivity index (χ1v) is 10.1. The Morgan fingerprint density at radius 3 is 2.60 bits per heavy atom. The minimum absolute atomic E-state index is 0.151. The molecule has 1 N–H and O–H groups in total. The Balaban J connectivity index is 1.35. The van der Waals surface area contributed by atoms with Gasteiger partial charge in [-0.1, -0.05) is 30.3 Å². The van der Waals surface area contributed by atoms with E-state index in [9.17, 15) is 4.79 Å². The Bertz CT molecular complexity index is 1200. The van der Waals surface area contributed by atoms with Gasteiger partial charge in [-0.2, -0.15) is 0 Å². The monoisotopic (exact) mass is 398 g/mol. The average Bonchev–Trinajstić information content (AvgIpc) is 3.01. The molecule has 1 aromatic heterocycles. The zero-order valence-electron chi connectivity index (χ0n) is 16.5. The van der Waals surface area contributed by atoms with Gasteiger partial charge >= 0.3 is 0 Å². The molecule has 1 aliphatic rings. The predicted molar refractivity (Wildman–Crippen MR) is 117 cm³/mol. The van der Waals surface area contributed by atoms with Gasteiger partial charge in [0.15, 0.2) is 11.5 Å². The molecule has 0 radical (unpaired) electrons. The molecule has 0 saturated carbocycles. The standard InChI is InChI=1S/C25H22N2O3/c28-25(26-21-8-10-23-24(16-21)30-14-4-13-29-23)20-7-9-22-19(15-20)11-12-27(22)17-18-5-2-1-3-6-18/h1-3,5-12,15-16H,4,13-14,17H2,(H,26,28). The number of anilines is 1. The van der Waals surface area contributed by atoms with Gasteiger partial charge in [0.2, 0.25) is 0 Å². The highest BCUT2D eigenvalue weighted by Gasteiger charge is 2.13. The van der Waals surface area contributed by atoms with Crippen molar-refractivity contribution < 1.29 is 14.3 Å². The second kappa shape index (κ2) is 7.95. The minimum atomic E-state index is -0.151. The van der Waals surface area contributed by atoms with Crippen LogP contribution in [0, 0.1) is 0 Å². The molecule has 0 unspecified atom stereocenters. The van der Waals surface area contributed by atoms with Crippen LogP contribution in [-0.4, -0.2) is 23.7 Å². The Morgan fingerprint density at radius 2 is 1.73 bits per heavy atom. The quantitative estimate of drug-likeness (QED) is 0.520. The maximum absolute atomic E-state index is 12.8. The number of fused-ring (bicyclic) bond motifs is 2. The third kappa shape index (κ3) is 3.74. The van der Waals surface area contributed by atoms with Crippen molar-refractivity contribution in [1.29, 1.82) is 0 Å². The van der Waals surface area contributed by atoms with Gasteiger partial charge in [-0.25, -0.2) is 0 Å². The number of nitrogens with one attached hydrogen (secondary N) is 1. The minimum Gasteiger partial charge on any atom is -0.490 e. The highest BCUT2D eigenvalue weighted by Crippen LogP contribution is 2.32. The van der Waals surface area contributed by atoms with Crippen molar-refractivity contribution >= 4 is 22.5 Å². The van der Waals surface area contributed by atoms with Gasteiger partial charge in [-0.15, -0.1) is 0 Å². The third-order valence-corrected chi connectivity index (χ3v) is 5.23. The Hall–Kier alpha value is -3.73. The summed E-state index contributed by atoms with van der Waals surface area (Å²) in [4.78, 5) is 12.8. The molecular weight excluding hydrogens is 376 g/mol. The molecule has 1 aliphatic heterocycles. The summed E-state index contributed by atoms with van der Waals surface area (Å²) >= 11 is 0. The summed E-state index contributed by atoms with van der Waals surface area (Å²) in [6.45, 7) is 2.05. The lowest BCUT2D eigenvalue weighted by Gasteiger charge is -2.11. The van der Waals surface area contributed by atoms with Crippen molar-refractivity contribution in [2.45, 2.75) is 13.0 Å². The van der Waals surface area contributed by atoms with Gasteiger partial charge < -0.3 is 19.4 Å². The van der Waals surface area contributed by atoms with Crippen LogP contribution in [0.3, 0.4) is 0 Å². The van der Waals surface area contributed by atoms with Crippen LogP contribution in [0.4, 0.5) is 5.69 Å². The number of hydrogen-bond acceptors (Lipinski definition) is 3. The summed E-state index contributed by atoms with van der Waals surface area (Å²) in [7, 11) is 0. The number of carbonyl (C=O) groups excluding carboxylic acids is 1. The Morgan fingerprint density at radius 1 is 0.900 bits per heavy atom. The van der Waals surface area contributed by atoms with E-state index in [0.717, 1.165) is 23.9 Å². The summed E-state index contributed by atoms with van der Waals surface area (Å²) in [5.41, 5.74) is 3.65. The normalized spacial score (nSPS) is 13.1. The van der Waals surface area contributed by atoms with Crippen molar-refractivity contribution in [2.75, 3.05) is 18.5 Å². The first kappa shape index (κ1) is 18.3. The Labute approximate surface area is 174 Å². The summed E-state index contributed by atoms with van der Waals surface area (Å²) < 4.78 is 13.5. The van der Waals surface area contributed by atoms with Crippen LogP contribution in [0.5, 0.6) is 11.5 Å². The maximum atomic E-state index is 12.8. The van der Waals surface area contributed by atoms with E-state index in [0.29, 0.717) is 36.0 Å². The molecule has 5 heteroatoms. The molecule has 4 aromatic rings. The molecule has 5 rings (SSSR count). The van der Waals surface area contributed by atoms with Gasteiger partial charge in [0.05, 0.1) is 13.2 Å². The summed E-state index contributed by atoms with van der Waals surface area (Å²) in [6, 6.07) is 23.7. The van der Waals surface area contributed by atoms with Crippen molar-refractivity contribution in [1.82, 2.24) is 4.57 Å². The van der Waals surface area contributed by atoms with E-state index in [1.165, 1.54) is 5.56 Å². The summed E-state index contributed by atoms with van der Waals surface area (Å²) in [5, 5.41) is 4.00. The van der Waals surface area contributed by atoms with Crippen LogP contribution in [0.1, 0.15) is 22.3 Å². The zero-order valence-corrected chi connectivity index (χ0v) is 16.5. The molecule has 30 heavy (non-hydrogen) atoms. The number of hydrogen-bond donors (Lipinski definition) is 1. The second-order valence-electron chi connectivity index (χ2n) is 7.37. The highest BCUT2D eigenvalue weighted by molar-refractivity contribution is 6.06. The van der Waals surface area contributed by atoms with E-state index in [2.05, 4.69) is 28.2 Å². The molecular formula is C25H22N2O3. The van der Waals surface area contributed by atoms with Crippen molar-refractivity contribution in [3.63, 3.8) is 0 Å². The zero-order chi connectivity index (χ0) is 20.3. The lowest BCUT2D eigenvalue weighted by Crippen LogP contribution is -2.12. The Kier molecular flexibility index (Phi) is 4.85. The molecule has 2 heterocycles. The predicted octanol–water partition coefficient (Wildman–Crippen LogP) is 5.10. The van der Waals surface area contributed by atoms with Crippen LogP contribution in [-0.2, 0) is 6.54 Å². The molecule has 0 bridgehead atoms. The third-order valence-electron chi connectivity index (χ3n) is 5.23. The van der Waals surface area contributed by atoms with Crippen molar-refractivity contribution in [3.05, 3.63) is 90.1 Å². The first-order chi connectivity index (χ1) is 14.8. The molecule has 0 atom stereocenters.